The predicted molar refractivity (Wildman–Crippen MR) is 101 cm³/mol. The smallest absolute Gasteiger partial charge is 0.322 e. The first kappa shape index (κ1) is 17.8. The largest absolute Gasteiger partial charge is 0.496 e. The number of aryl methyl sites for hydroxylation is 1. The molecule has 0 bridgehead atoms. The van der Waals surface area contributed by atoms with Crippen molar-refractivity contribution < 1.29 is 14.3 Å². The molecule has 0 fully saturated rings. The molecular weight excluding hydrogens is 330 g/mol. The molecular formula is C20H23N3O3. The molecule has 0 aliphatic carbocycles. The Hall–Kier alpha value is -3.02. The third-order valence-electron chi connectivity index (χ3n) is 4.53. The fraction of sp³-hybridized carbons (Fsp3) is 0.300. The first-order valence-corrected chi connectivity index (χ1v) is 8.63. The lowest BCUT2D eigenvalue weighted by atomic mass is 10.1. The topological polar surface area (TPSA) is 70.7 Å². The summed E-state index contributed by atoms with van der Waals surface area (Å²) in [4.78, 5) is 26.0. The number of fused-ring (bicyclic) bond motifs is 1. The highest BCUT2D eigenvalue weighted by atomic mass is 16.5. The average Bonchev–Trinajstić information content (AvgIpc) is 3.08. The van der Waals surface area contributed by atoms with E-state index in [1.807, 2.05) is 37.3 Å². The van der Waals surface area contributed by atoms with Gasteiger partial charge < -0.3 is 20.3 Å². The predicted octanol–water partition coefficient (Wildman–Crippen LogP) is 3.90. The summed E-state index contributed by atoms with van der Waals surface area (Å²) in [7, 11) is 1.64. The zero-order chi connectivity index (χ0) is 18.7. The highest BCUT2D eigenvalue weighted by Gasteiger charge is 2.26. The van der Waals surface area contributed by atoms with Crippen molar-refractivity contribution >= 4 is 23.3 Å². The maximum atomic E-state index is 12.7. The average molecular weight is 353 g/mol. The third-order valence-corrected chi connectivity index (χ3v) is 4.53. The van der Waals surface area contributed by atoms with Gasteiger partial charge in [0.1, 0.15) is 5.75 Å². The van der Waals surface area contributed by atoms with Gasteiger partial charge >= 0.3 is 6.03 Å². The van der Waals surface area contributed by atoms with Crippen LogP contribution in [0.15, 0.2) is 36.4 Å². The number of nitrogens with one attached hydrogen (secondary N) is 2. The van der Waals surface area contributed by atoms with Crippen LogP contribution in [0.4, 0.5) is 16.2 Å². The van der Waals surface area contributed by atoms with Crippen molar-refractivity contribution in [1.82, 2.24) is 4.90 Å². The number of nitrogens with zero attached hydrogens (tertiary/aromatic N) is 1. The number of hydrogen-bond donors (Lipinski definition) is 2. The Kier molecular flexibility index (Phi) is 5.11. The Morgan fingerprint density at radius 3 is 2.69 bits per heavy atom. The van der Waals surface area contributed by atoms with Crippen LogP contribution < -0.4 is 15.4 Å². The lowest BCUT2D eigenvalue weighted by molar-refractivity contribution is -0.115. The molecule has 0 saturated heterocycles. The lowest BCUT2D eigenvalue weighted by Crippen LogP contribution is -2.30. The van der Waals surface area contributed by atoms with Crippen molar-refractivity contribution in [3.05, 3.63) is 53.1 Å². The lowest BCUT2D eigenvalue weighted by Gasteiger charge is -2.18. The summed E-state index contributed by atoms with van der Waals surface area (Å²) in [6.07, 6.45) is 0.406. The number of anilines is 2. The van der Waals surface area contributed by atoms with Crippen molar-refractivity contribution in [3.8, 4) is 5.75 Å². The Morgan fingerprint density at radius 2 is 1.96 bits per heavy atom. The number of ether oxygens (including phenoxy) is 1. The van der Waals surface area contributed by atoms with Crippen LogP contribution in [0.2, 0.25) is 0 Å². The maximum absolute atomic E-state index is 12.7. The van der Waals surface area contributed by atoms with Crippen LogP contribution in [0.3, 0.4) is 0 Å². The van der Waals surface area contributed by atoms with Crippen LogP contribution >= 0.6 is 0 Å². The van der Waals surface area contributed by atoms with Gasteiger partial charge in [-0.1, -0.05) is 25.1 Å². The summed E-state index contributed by atoms with van der Waals surface area (Å²) >= 11 is 0. The summed E-state index contributed by atoms with van der Waals surface area (Å²) in [5.41, 5.74) is 4.43. The second-order valence-electron chi connectivity index (χ2n) is 6.32. The van der Waals surface area contributed by atoms with Gasteiger partial charge in [-0.2, -0.15) is 0 Å². The minimum absolute atomic E-state index is 0.0618. The molecule has 1 aliphatic rings. The SMILES string of the molecule is CCC(=O)Nc1ccc(C)c(NC(=O)N2Cc3cccc(OC)c3C2)c1. The van der Waals surface area contributed by atoms with Gasteiger partial charge in [-0.25, -0.2) is 4.79 Å². The first-order valence-electron chi connectivity index (χ1n) is 8.63. The highest BCUT2D eigenvalue weighted by molar-refractivity contribution is 5.94. The molecule has 0 saturated carbocycles. The molecule has 0 aromatic heterocycles. The van der Waals surface area contributed by atoms with Crippen molar-refractivity contribution in [2.24, 2.45) is 0 Å². The normalized spacial score (nSPS) is 12.5. The molecule has 6 nitrogen and oxygen atoms in total. The number of rotatable bonds is 4. The van der Waals surface area contributed by atoms with Gasteiger partial charge in [0.15, 0.2) is 0 Å². The minimum Gasteiger partial charge on any atom is -0.496 e. The number of carbonyl (C=O) groups is 2. The van der Waals surface area contributed by atoms with Gasteiger partial charge in [0.2, 0.25) is 5.91 Å². The summed E-state index contributed by atoms with van der Waals surface area (Å²) in [6, 6.07) is 11.2. The highest BCUT2D eigenvalue weighted by Crippen LogP contribution is 2.31. The van der Waals surface area contributed by atoms with E-state index in [-0.39, 0.29) is 11.9 Å². The number of hydrogen-bond acceptors (Lipinski definition) is 3. The van der Waals surface area contributed by atoms with E-state index >= 15 is 0 Å². The van der Waals surface area contributed by atoms with Gasteiger partial charge in [-0.15, -0.1) is 0 Å². The van der Waals surface area contributed by atoms with E-state index in [1.54, 1.807) is 25.0 Å². The Labute approximate surface area is 153 Å². The molecule has 3 rings (SSSR count). The second kappa shape index (κ2) is 7.47. The van der Waals surface area contributed by atoms with E-state index in [9.17, 15) is 9.59 Å². The Morgan fingerprint density at radius 1 is 1.15 bits per heavy atom. The van der Waals surface area contributed by atoms with E-state index in [2.05, 4.69) is 10.6 Å². The molecule has 0 radical (unpaired) electrons. The Balaban J connectivity index is 1.73. The van der Waals surface area contributed by atoms with Crippen molar-refractivity contribution in [3.63, 3.8) is 0 Å². The van der Waals surface area contributed by atoms with E-state index in [4.69, 9.17) is 4.74 Å². The summed E-state index contributed by atoms with van der Waals surface area (Å²) < 4.78 is 5.39. The fourth-order valence-corrected chi connectivity index (χ4v) is 3.00. The zero-order valence-corrected chi connectivity index (χ0v) is 15.3. The molecule has 0 spiro atoms. The van der Waals surface area contributed by atoms with Gasteiger partial charge in [-0.05, 0) is 36.2 Å². The summed E-state index contributed by atoms with van der Waals surface area (Å²) in [6.45, 7) is 4.77. The molecule has 0 unspecified atom stereocenters. The quantitative estimate of drug-likeness (QED) is 0.876. The third kappa shape index (κ3) is 3.64. The first-order chi connectivity index (χ1) is 12.5. The van der Waals surface area contributed by atoms with Crippen LogP contribution in [0.5, 0.6) is 5.75 Å². The van der Waals surface area contributed by atoms with Gasteiger partial charge in [0.05, 0.1) is 13.7 Å². The monoisotopic (exact) mass is 353 g/mol. The van der Waals surface area contributed by atoms with E-state index in [1.165, 1.54) is 0 Å². The number of urea groups is 1. The van der Waals surface area contributed by atoms with E-state index in [0.29, 0.717) is 30.9 Å². The minimum atomic E-state index is -0.176. The van der Waals surface area contributed by atoms with Crippen molar-refractivity contribution in [2.45, 2.75) is 33.4 Å². The molecule has 26 heavy (non-hydrogen) atoms. The van der Waals surface area contributed by atoms with Gasteiger partial charge in [0.25, 0.3) is 0 Å². The molecule has 3 amide bonds. The van der Waals surface area contributed by atoms with E-state index in [0.717, 1.165) is 22.4 Å². The zero-order valence-electron chi connectivity index (χ0n) is 15.3. The fourth-order valence-electron chi connectivity index (χ4n) is 3.00. The molecule has 2 aromatic rings. The molecule has 2 aromatic carbocycles. The van der Waals surface area contributed by atoms with Crippen LogP contribution in [-0.4, -0.2) is 23.9 Å². The number of methoxy groups -OCH3 is 1. The number of benzene rings is 2. The van der Waals surface area contributed by atoms with Crippen molar-refractivity contribution in [2.75, 3.05) is 17.7 Å². The van der Waals surface area contributed by atoms with Gasteiger partial charge in [0, 0.05) is 29.9 Å². The van der Waals surface area contributed by atoms with Crippen LogP contribution in [0.25, 0.3) is 0 Å². The van der Waals surface area contributed by atoms with Crippen LogP contribution in [-0.2, 0) is 17.9 Å². The van der Waals surface area contributed by atoms with Crippen LogP contribution in [0, 0.1) is 6.92 Å². The number of amides is 3. The molecule has 1 heterocycles. The molecule has 0 atom stereocenters. The molecule has 2 N–H and O–H groups in total. The Bertz CT molecular complexity index is 848. The molecule has 1 aliphatic heterocycles. The standard InChI is InChI=1S/C20H23N3O3/c1-4-19(24)21-15-9-8-13(2)17(10-15)22-20(25)23-11-14-6-5-7-18(26-3)16(14)12-23/h5-10H,4,11-12H2,1-3H3,(H,21,24)(H,22,25). The summed E-state index contributed by atoms with van der Waals surface area (Å²) in [5, 5.41) is 5.76. The molecule has 136 valence electrons. The second-order valence-corrected chi connectivity index (χ2v) is 6.32. The summed E-state index contributed by atoms with van der Waals surface area (Å²) in [5.74, 6) is 0.742. The van der Waals surface area contributed by atoms with E-state index < -0.39 is 0 Å². The van der Waals surface area contributed by atoms with Crippen LogP contribution in [0.1, 0.15) is 30.0 Å². The molecule has 6 heteroatoms. The van der Waals surface area contributed by atoms with Gasteiger partial charge in [-0.3, -0.25) is 4.79 Å². The van der Waals surface area contributed by atoms with Crippen molar-refractivity contribution in [1.29, 1.82) is 0 Å². The number of carbonyl (C=O) groups excluding carboxylic acids is 2. The maximum Gasteiger partial charge on any atom is 0.322 e.